The van der Waals surface area contributed by atoms with Gasteiger partial charge in [-0.2, -0.15) is 0 Å². The number of ether oxygens (including phenoxy) is 1. The summed E-state index contributed by atoms with van der Waals surface area (Å²) in [5, 5.41) is 2.80. The van der Waals surface area contributed by atoms with Gasteiger partial charge < -0.3 is 14.6 Å². The third-order valence-electron chi connectivity index (χ3n) is 5.02. The third-order valence-corrected chi connectivity index (χ3v) is 5.02. The molecule has 1 atom stereocenters. The van der Waals surface area contributed by atoms with Crippen LogP contribution in [0.25, 0.3) is 11.2 Å². The number of methoxy groups -OCH3 is 1. The Kier molecular flexibility index (Phi) is 6.83. The summed E-state index contributed by atoms with van der Waals surface area (Å²) in [4.78, 5) is 43.1. The summed E-state index contributed by atoms with van der Waals surface area (Å²) in [6.45, 7) is 4.51. The number of carbonyl (C=O) groups excluding carboxylic acids is 1. The van der Waals surface area contributed by atoms with E-state index >= 15 is 0 Å². The molecule has 0 fully saturated rings. The first-order valence-corrected chi connectivity index (χ1v) is 9.97. The Bertz CT molecular complexity index is 1130. The average Bonchev–Trinajstić information content (AvgIpc) is 3.17. The molecule has 0 aliphatic carbocycles. The summed E-state index contributed by atoms with van der Waals surface area (Å²) >= 11 is 0. The molecule has 30 heavy (non-hydrogen) atoms. The van der Waals surface area contributed by atoms with Crippen molar-refractivity contribution >= 4 is 17.1 Å². The highest BCUT2D eigenvalue weighted by molar-refractivity contribution is 5.77. The smallest absolute Gasteiger partial charge is 0.333 e. The summed E-state index contributed by atoms with van der Waals surface area (Å²) in [7, 11) is 1.57. The molecule has 3 aromatic rings. The molecule has 9 heteroatoms. The first-order valence-electron chi connectivity index (χ1n) is 9.97. The lowest BCUT2D eigenvalue weighted by Crippen LogP contribution is -2.45. The SMILES string of the molecule is CCC(C)NC(=O)Cn1c(=O)c2c(ncn2CCOC)n(Cc2ccccc2)c1=O. The van der Waals surface area contributed by atoms with Gasteiger partial charge in [0.1, 0.15) is 6.54 Å². The zero-order chi connectivity index (χ0) is 21.7. The van der Waals surface area contributed by atoms with Crippen molar-refractivity contribution in [2.45, 2.75) is 45.9 Å². The second-order valence-electron chi connectivity index (χ2n) is 7.23. The van der Waals surface area contributed by atoms with E-state index in [1.807, 2.05) is 44.2 Å². The van der Waals surface area contributed by atoms with Crippen LogP contribution in [-0.2, 0) is 29.2 Å². The molecule has 0 radical (unpaired) electrons. The van der Waals surface area contributed by atoms with E-state index in [4.69, 9.17) is 4.74 Å². The molecule has 0 saturated heterocycles. The quantitative estimate of drug-likeness (QED) is 0.563. The molecule has 1 amide bonds. The van der Waals surface area contributed by atoms with Gasteiger partial charge >= 0.3 is 5.69 Å². The average molecular weight is 413 g/mol. The van der Waals surface area contributed by atoms with Gasteiger partial charge in [-0.25, -0.2) is 14.3 Å². The molecule has 0 bridgehead atoms. The van der Waals surface area contributed by atoms with Crippen LogP contribution in [0.1, 0.15) is 25.8 Å². The number of amides is 1. The van der Waals surface area contributed by atoms with Crippen LogP contribution in [0.4, 0.5) is 0 Å². The van der Waals surface area contributed by atoms with Crippen molar-refractivity contribution < 1.29 is 9.53 Å². The van der Waals surface area contributed by atoms with Crippen LogP contribution in [0.15, 0.2) is 46.2 Å². The third kappa shape index (κ3) is 4.51. The van der Waals surface area contributed by atoms with Crippen LogP contribution in [0.2, 0.25) is 0 Å². The monoisotopic (exact) mass is 413 g/mol. The van der Waals surface area contributed by atoms with Gasteiger partial charge in [0, 0.05) is 19.7 Å². The van der Waals surface area contributed by atoms with E-state index in [0.717, 1.165) is 16.6 Å². The summed E-state index contributed by atoms with van der Waals surface area (Å²) < 4.78 is 9.19. The number of benzene rings is 1. The standard InChI is InChI=1S/C21H27N5O4/c1-4-15(2)23-17(27)13-26-20(28)18-19(22-14-24(18)10-11-30-3)25(21(26)29)12-16-8-6-5-7-9-16/h5-9,14-15H,4,10-13H2,1-3H3,(H,23,27). The Morgan fingerprint density at radius 2 is 1.93 bits per heavy atom. The van der Waals surface area contributed by atoms with E-state index in [-0.39, 0.29) is 30.6 Å². The number of rotatable bonds is 9. The predicted molar refractivity (Wildman–Crippen MR) is 114 cm³/mol. The highest BCUT2D eigenvalue weighted by atomic mass is 16.5. The van der Waals surface area contributed by atoms with Crippen LogP contribution in [0.3, 0.4) is 0 Å². The minimum Gasteiger partial charge on any atom is -0.383 e. The van der Waals surface area contributed by atoms with Crippen molar-refractivity contribution in [2.24, 2.45) is 0 Å². The van der Waals surface area contributed by atoms with Crippen molar-refractivity contribution in [3.63, 3.8) is 0 Å². The molecule has 3 rings (SSSR count). The van der Waals surface area contributed by atoms with Gasteiger partial charge in [0.25, 0.3) is 5.56 Å². The molecule has 0 aliphatic heterocycles. The first-order chi connectivity index (χ1) is 14.5. The van der Waals surface area contributed by atoms with E-state index in [1.165, 1.54) is 10.9 Å². The predicted octanol–water partition coefficient (Wildman–Crippen LogP) is 0.969. The van der Waals surface area contributed by atoms with Gasteiger partial charge in [-0.05, 0) is 18.9 Å². The zero-order valence-corrected chi connectivity index (χ0v) is 17.5. The number of nitrogens with zero attached hydrogens (tertiary/aromatic N) is 4. The van der Waals surface area contributed by atoms with Crippen molar-refractivity contribution in [1.29, 1.82) is 0 Å². The Morgan fingerprint density at radius 3 is 2.60 bits per heavy atom. The molecule has 160 valence electrons. The molecular weight excluding hydrogens is 386 g/mol. The molecule has 1 N–H and O–H groups in total. The number of carbonyl (C=O) groups is 1. The van der Waals surface area contributed by atoms with Crippen LogP contribution in [0.5, 0.6) is 0 Å². The van der Waals surface area contributed by atoms with Crippen LogP contribution >= 0.6 is 0 Å². The largest absolute Gasteiger partial charge is 0.383 e. The van der Waals surface area contributed by atoms with Gasteiger partial charge in [-0.15, -0.1) is 0 Å². The number of hydrogen-bond acceptors (Lipinski definition) is 5. The van der Waals surface area contributed by atoms with Crippen molar-refractivity contribution in [3.8, 4) is 0 Å². The second kappa shape index (κ2) is 9.53. The van der Waals surface area contributed by atoms with E-state index in [9.17, 15) is 14.4 Å². The molecule has 0 spiro atoms. The lowest BCUT2D eigenvalue weighted by Gasteiger charge is -2.14. The maximum absolute atomic E-state index is 13.2. The number of aromatic nitrogens is 4. The van der Waals surface area contributed by atoms with Gasteiger partial charge in [-0.3, -0.25) is 14.2 Å². The maximum atomic E-state index is 13.2. The minimum absolute atomic E-state index is 0.0456. The van der Waals surface area contributed by atoms with E-state index < -0.39 is 11.2 Å². The molecule has 2 heterocycles. The Morgan fingerprint density at radius 1 is 1.20 bits per heavy atom. The zero-order valence-electron chi connectivity index (χ0n) is 17.5. The van der Waals surface area contributed by atoms with E-state index in [0.29, 0.717) is 18.8 Å². The molecule has 1 aromatic carbocycles. The van der Waals surface area contributed by atoms with E-state index in [2.05, 4.69) is 10.3 Å². The van der Waals surface area contributed by atoms with Crippen molar-refractivity contribution in [3.05, 3.63) is 63.1 Å². The van der Waals surface area contributed by atoms with Gasteiger partial charge in [-0.1, -0.05) is 37.3 Å². The number of hydrogen-bond donors (Lipinski definition) is 1. The molecule has 9 nitrogen and oxygen atoms in total. The topological polar surface area (TPSA) is 100 Å². The first kappa shape index (κ1) is 21.5. The van der Waals surface area contributed by atoms with Gasteiger partial charge in [0.05, 0.1) is 19.5 Å². The molecule has 0 aliphatic rings. The van der Waals surface area contributed by atoms with Crippen LogP contribution < -0.4 is 16.6 Å². The normalized spacial score (nSPS) is 12.2. The number of fused-ring (bicyclic) bond motifs is 1. The summed E-state index contributed by atoms with van der Waals surface area (Å²) in [6, 6.07) is 9.39. The Labute approximate surface area is 173 Å². The van der Waals surface area contributed by atoms with Crippen LogP contribution in [0, 0.1) is 0 Å². The number of nitrogens with one attached hydrogen (secondary N) is 1. The molecule has 0 saturated carbocycles. The second-order valence-corrected chi connectivity index (χ2v) is 7.23. The highest BCUT2D eigenvalue weighted by Gasteiger charge is 2.20. The summed E-state index contributed by atoms with van der Waals surface area (Å²) in [6.07, 6.45) is 2.28. The fraction of sp³-hybridized carbons (Fsp3) is 0.429. The van der Waals surface area contributed by atoms with Crippen molar-refractivity contribution in [2.75, 3.05) is 13.7 Å². The fourth-order valence-corrected chi connectivity index (χ4v) is 3.21. The molecular formula is C21H27N5O4. The summed E-state index contributed by atoms with van der Waals surface area (Å²) in [5.41, 5.74) is 0.365. The van der Waals surface area contributed by atoms with Crippen molar-refractivity contribution in [1.82, 2.24) is 24.0 Å². The number of imidazole rings is 1. The Hall–Kier alpha value is -3.20. The van der Waals surface area contributed by atoms with Crippen LogP contribution in [-0.4, -0.2) is 44.4 Å². The molecule has 2 aromatic heterocycles. The van der Waals surface area contributed by atoms with Gasteiger partial charge in [0.2, 0.25) is 5.91 Å². The fourth-order valence-electron chi connectivity index (χ4n) is 3.21. The lowest BCUT2D eigenvalue weighted by molar-refractivity contribution is -0.122. The van der Waals surface area contributed by atoms with Gasteiger partial charge in [0.15, 0.2) is 11.2 Å². The lowest BCUT2D eigenvalue weighted by atomic mass is 10.2. The minimum atomic E-state index is -0.562. The van der Waals surface area contributed by atoms with E-state index in [1.54, 1.807) is 11.7 Å². The highest BCUT2D eigenvalue weighted by Crippen LogP contribution is 2.10. The summed E-state index contributed by atoms with van der Waals surface area (Å²) in [5.74, 6) is -0.378. The maximum Gasteiger partial charge on any atom is 0.333 e. The Balaban J connectivity index is 2.13. The molecule has 1 unspecified atom stereocenters.